The molecule has 1 aromatic carbocycles. The first kappa shape index (κ1) is 18.0. The van der Waals surface area contributed by atoms with E-state index in [0.717, 1.165) is 5.56 Å². The molecule has 0 bridgehead atoms. The summed E-state index contributed by atoms with van der Waals surface area (Å²) in [6.07, 6.45) is 0. The molecule has 0 saturated carbocycles. The lowest BCUT2D eigenvalue weighted by atomic mass is 9.87. The number of nitrogens with two attached hydrogens (primary N) is 1. The molecule has 1 aliphatic rings. The molecule has 1 aromatic heterocycles. The Hall–Kier alpha value is -1.80. The zero-order chi connectivity index (χ0) is 18.4. The van der Waals surface area contributed by atoms with Gasteiger partial charge in [0.25, 0.3) is 5.56 Å². The Bertz CT molecular complexity index is 958. The van der Waals surface area contributed by atoms with Gasteiger partial charge in [-0.3, -0.25) is 9.36 Å². The van der Waals surface area contributed by atoms with Gasteiger partial charge in [0.15, 0.2) is 15.0 Å². The second-order valence-corrected chi connectivity index (χ2v) is 10.2. The summed E-state index contributed by atoms with van der Waals surface area (Å²) in [7, 11) is -3.51. The summed E-state index contributed by atoms with van der Waals surface area (Å²) in [6, 6.07) is 7.77. The minimum absolute atomic E-state index is 0.0394. The van der Waals surface area contributed by atoms with Crippen molar-refractivity contribution in [2.45, 2.75) is 42.3 Å². The van der Waals surface area contributed by atoms with Crippen LogP contribution in [0.25, 0.3) is 0 Å². The summed E-state index contributed by atoms with van der Waals surface area (Å²) in [6.45, 7) is 6.23. The van der Waals surface area contributed by atoms with Crippen molar-refractivity contribution in [1.29, 1.82) is 0 Å². The smallest absolute Gasteiger partial charge is 0.256 e. The number of thioether (sulfide) groups is 1. The minimum atomic E-state index is -3.51. The van der Waals surface area contributed by atoms with Gasteiger partial charge in [-0.1, -0.05) is 44.7 Å². The average molecular weight is 380 g/mol. The molecule has 25 heavy (non-hydrogen) atoms. The first-order chi connectivity index (χ1) is 11.6. The molecule has 134 valence electrons. The number of nitrogen functional groups attached to an aromatic ring is 1. The van der Waals surface area contributed by atoms with Crippen molar-refractivity contribution < 1.29 is 8.42 Å². The number of aromatic nitrogens is 2. The molecule has 3 rings (SSSR count). The number of hydrogen-bond acceptors (Lipinski definition) is 6. The topological polar surface area (TPSA) is 95.1 Å². The first-order valence-electron chi connectivity index (χ1n) is 7.93. The predicted molar refractivity (Wildman–Crippen MR) is 99.9 cm³/mol. The van der Waals surface area contributed by atoms with Crippen molar-refractivity contribution in [2.75, 3.05) is 17.2 Å². The summed E-state index contributed by atoms with van der Waals surface area (Å²) in [4.78, 5) is 16.5. The third-order valence-electron chi connectivity index (χ3n) is 4.20. The molecular weight excluding hydrogens is 358 g/mol. The molecule has 6 nitrogen and oxygen atoms in total. The Morgan fingerprint density at radius 3 is 2.52 bits per heavy atom. The van der Waals surface area contributed by atoms with Crippen LogP contribution in [0.15, 0.2) is 45.2 Å². The van der Waals surface area contributed by atoms with Gasteiger partial charge < -0.3 is 5.73 Å². The number of fused-ring (bicyclic) bond motifs is 1. The van der Waals surface area contributed by atoms with Crippen LogP contribution in [-0.2, 0) is 15.3 Å². The Morgan fingerprint density at radius 1 is 1.28 bits per heavy atom. The van der Waals surface area contributed by atoms with Gasteiger partial charge in [-0.05, 0) is 23.1 Å². The monoisotopic (exact) mass is 379 g/mol. The number of benzene rings is 1. The van der Waals surface area contributed by atoms with Crippen LogP contribution in [0.1, 0.15) is 32.4 Å². The van der Waals surface area contributed by atoms with E-state index in [2.05, 4.69) is 25.8 Å². The van der Waals surface area contributed by atoms with Gasteiger partial charge in [-0.15, -0.1) is 0 Å². The molecule has 2 N–H and O–H groups in total. The molecular formula is C17H21N3O3S2. The maximum atomic E-state index is 12.8. The van der Waals surface area contributed by atoms with Gasteiger partial charge >= 0.3 is 0 Å². The molecule has 1 atom stereocenters. The fraction of sp³-hybridized carbons (Fsp3) is 0.412. The molecule has 0 fully saturated rings. The molecule has 0 spiro atoms. The SMILES string of the molecule is CC(C)(C)c1ccc(S(=O)(=O)C[C@H]2CSc3nc(N)cc(=O)n32)cc1. The summed E-state index contributed by atoms with van der Waals surface area (Å²) in [5, 5.41) is 0.480. The van der Waals surface area contributed by atoms with Crippen LogP contribution in [0.5, 0.6) is 0 Å². The van der Waals surface area contributed by atoms with Gasteiger partial charge in [0, 0.05) is 11.8 Å². The van der Waals surface area contributed by atoms with E-state index in [-0.39, 0.29) is 27.4 Å². The molecule has 1 aliphatic heterocycles. The van der Waals surface area contributed by atoms with Crippen LogP contribution < -0.4 is 11.3 Å². The predicted octanol–water partition coefficient (Wildman–Crippen LogP) is 2.24. The van der Waals surface area contributed by atoms with Gasteiger partial charge in [0.2, 0.25) is 0 Å². The molecule has 0 radical (unpaired) electrons. The van der Waals surface area contributed by atoms with Crippen LogP contribution >= 0.6 is 11.8 Å². The Morgan fingerprint density at radius 2 is 1.92 bits per heavy atom. The maximum Gasteiger partial charge on any atom is 0.256 e. The third kappa shape index (κ3) is 3.59. The fourth-order valence-electron chi connectivity index (χ4n) is 2.80. The first-order valence-corrected chi connectivity index (χ1v) is 10.6. The van der Waals surface area contributed by atoms with Crippen molar-refractivity contribution in [3.05, 3.63) is 46.2 Å². The van der Waals surface area contributed by atoms with E-state index in [1.165, 1.54) is 22.4 Å². The Labute approximate surface area is 151 Å². The van der Waals surface area contributed by atoms with Crippen LogP contribution in [0.2, 0.25) is 0 Å². The van der Waals surface area contributed by atoms with Gasteiger partial charge in [-0.2, -0.15) is 0 Å². The number of nitrogens with zero attached hydrogens (tertiary/aromatic N) is 2. The van der Waals surface area contributed by atoms with Crippen LogP contribution in [0.4, 0.5) is 5.82 Å². The zero-order valence-electron chi connectivity index (χ0n) is 14.4. The highest BCUT2D eigenvalue weighted by Gasteiger charge is 2.30. The highest BCUT2D eigenvalue weighted by molar-refractivity contribution is 7.99. The highest BCUT2D eigenvalue weighted by Crippen LogP contribution is 2.32. The lowest BCUT2D eigenvalue weighted by molar-refractivity contribution is 0.528. The molecule has 2 heterocycles. The lowest BCUT2D eigenvalue weighted by Gasteiger charge is -2.19. The molecule has 0 aliphatic carbocycles. The summed E-state index contributed by atoms with van der Waals surface area (Å²) in [5.41, 5.74) is 6.31. The summed E-state index contributed by atoms with van der Waals surface area (Å²) < 4.78 is 27.0. The number of sulfone groups is 1. The van der Waals surface area contributed by atoms with Crippen LogP contribution in [0, 0.1) is 0 Å². The lowest BCUT2D eigenvalue weighted by Crippen LogP contribution is -2.29. The van der Waals surface area contributed by atoms with Crippen molar-refractivity contribution in [2.24, 2.45) is 0 Å². The normalized spacial score (nSPS) is 17.5. The zero-order valence-corrected chi connectivity index (χ0v) is 16.0. The van der Waals surface area contributed by atoms with E-state index in [4.69, 9.17) is 5.73 Å². The minimum Gasteiger partial charge on any atom is -0.383 e. The van der Waals surface area contributed by atoms with E-state index in [9.17, 15) is 13.2 Å². The number of hydrogen-bond donors (Lipinski definition) is 1. The van der Waals surface area contributed by atoms with Crippen molar-refractivity contribution >= 4 is 27.4 Å². The van der Waals surface area contributed by atoms with E-state index >= 15 is 0 Å². The molecule has 2 aromatic rings. The van der Waals surface area contributed by atoms with E-state index < -0.39 is 15.9 Å². The second kappa shape index (κ2) is 6.17. The third-order valence-corrected chi connectivity index (χ3v) is 7.11. The van der Waals surface area contributed by atoms with Gasteiger partial charge in [0.05, 0.1) is 16.7 Å². The van der Waals surface area contributed by atoms with Crippen molar-refractivity contribution in [3.63, 3.8) is 0 Å². The molecule has 0 saturated heterocycles. The Kier molecular flexibility index (Phi) is 4.45. The van der Waals surface area contributed by atoms with E-state index in [1.807, 2.05) is 12.1 Å². The van der Waals surface area contributed by atoms with Crippen LogP contribution in [-0.4, -0.2) is 29.5 Å². The van der Waals surface area contributed by atoms with Crippen LogP contribution in [0.3, 0.4) is 0 Å². The van der Waals surface area contributed by atoms with Gasteiger partial charge in [-0.25, -0.2) is 13.4 Å². The van der Waals surface area contributed by atoms with Crippen molar-refractivity contribution in [1.82, 2.24) is 9.55 Å². The molecule has 0 unspecified atom stereocenters. The van der Waals surface area contributed by atoms with E-state index in [1.54, 1.807) is 12.1 Å². The number of anilines is 1. The largest absolute Gasteiger partial charge is 0.383 e. The summed E-state index contributed by atoms with van der Waals surface area (Å²) in [5.74, 6) is 0.517. The van der Waals surface area contributed by atoms with Gasteiger partial charge in [0.1, 0.15) is 5.82 Å². The fourth-order valence-corrected chi connectivity index (χ4v) is 5.63. The number of rotatable bonds is 3. The highest BCUT2D eigenvalue weighted by atomic mass is 32.2. The van der Waals surface area contributed by atoms with Crippen molar-refractivity contribution in [3.8, 4) is 0 Å². The second-order valence-electron chi connectivity index (χ2n) is 7.19. The summed E-state index contributed by atoms with van der Waals surface area (Å²) >= 11 is 1.35. The Balaban J connectivity index is 1.88. The quantitative estimate of drug-likeness (QED) is 0.822. The molecule has 8 heteroatoms. The molecule has 0 amide bonds. The maximum absolute atomic E-state index is 12.8. The average Bonchev–Trinajstić information content (AvgIpc) is 2.88. The van der Waals surface area contributed by atoms with E-state index in [0.29, 0.717) is 10.9 Å². The standard InChI is InChI=1S/C17H21N3O3S2/c1-17(2,3)11-4-6-13(7-5-11)25(22,23)10-12-9-24-16-19-14(18)8-15(21)20(12)16/h4-8,12H,9-10,18H2,1-3H3/t12-/m1/s1.